The topological polar surface area (TPSA) is 38.7 Å². The van der Waals surface area contributed by atoms with E-state index in [2.05, 4.69) is 140 Å². The standard InChI is InChI=1S/C42H29N3/c1-3-9-26(10-4-1)28-13-7-15-30(23-28)39-43-40(31-16-8-14-29(24-31)27-11-5-2-6-12-27)45-41(44-39)32-17-18-33-35(25-32)37-34-19-21-42(38(34)37)22-20-36(33)42/h1-25,34,36-38H. The molecule has 1 fully saturated rings. The van der Waals surface area contributed by atoms with Gasteiger partial charge in [-0.15, -0.1) is 0 Å². The zero-order valence-electron chi connectivity index (χ0n) is 24.6. The van der Waals surface area contributed by atoms with Crippen LogP contribution in [0.4, 0.5) is 0 Å². The summed E-state index contributed by atoms with van der Waals surface area (Å²) in [4.78, 5) is 15.4. The van der Waals surface area contributed by atoms with Crippen LogP contribution >= 0.6 is 0 Å². The van der Waals surface area contributed by atoms with Gasteiger partial charge in [0.1, 0.15) is 0 Å². The lowest BCUT2D eigenvalue weighted by atomic mass is 9.57. The molecule has 4 aliphatic carbocycles. The summed E-state index contributed by atoms with van der Waals surface area (Å²) in [5.74, 6) is 4.58. The molecule has 212 valence electrons. The van der Waals surface area contributed by atoms with Gasteiger partial charge in [-0.2, -0.15) is 0 Å². The first kappa shape index (κ1) is 25.0. The van der Waals surface area contributed by atoms with Crippen molar-refractivity contribution in [1.29, 1.82) is 0 Å². The lowest BCUT2D eigenvalue weighted by molar-refractivity contribution is 0.322. The normalized spacial score (nSPS) is 24.4. The third-order valence-electron chi connectivity index (χ3n) is 10.5. The maximum atomic E-state index is 5.15. The first-order valence-corrected chi connectivity index (χ1v) is 15.9. The number of benzene rings is 5. The fourth-order valence-electron chi connectivity index (χ4n) is 8.26. The summed E-state index contributed by atoms with van der Waals surface area (Å²) in [6.45, 7) is 0. The molecule has 0 bridgehead atoms. The number of fused-ring (bicyclic) bond motifs is 4. The predicted molar refractivity (Wildman–Crippen MR) is 180 cm³/mol. The predicted octanol–water partition coefficient (Wildman–Crippen LogP) is 9.76. The molecule has 1 saturated carbocycles. The molecular weight excluding hydrogens is 546 g/mol. The fraction of sp³-hybridized carbons (Fsp3) is 0.119. The van der Waals surface area contributed by atoms with Gasteiger partial charge in [0.2, 0.25) is 0 Å². The van der Waals surface area contributed by atoms with Crippen molar-refractivity contribution in [2.24, 2.45) is 17.3 Å². The van der Waals surface area contributed by atoms with Gasteiger partial charge in [0.25, 0.3) is 0 Å². The van der Waals surface area contributed by atoms with Crippen molar-refractivity contribution in [3.05, 3.63) is 163 Å². The van der Waals surface area contributed by atoms with Gasteiger partial charge < -0.3 is 0 Å². The van der Waals surface area contributed by atoms with Crippen LogP contribution in [0.1, 0.15) is 23.0 Å². The summed E-state index contributed by atoms with van der Waals surface area (Å²) in [6, 6.07) is 44.9. The number of rotatable bonds is 5. The number of nitrogens with zero attached hydrogens (tertiary/aromatic N) is 3. The minimum Gasteiger partial charge on any atom is -0.208 e. The van der Waals surface area contributed by atoms with Crippen molar-refractivity contribution >= 4 is 0 Å². The van der Waals surface area contributed by atoms with Crippen molar-refractivity contribution in [2.75, 3.05) is 0 Å². The first-order chi connectivity index (χ1) is 22.2. The lowest BCUT2D eigenvalue weighted by Crippen LogP contribution is -2.35. The molecule has 0 radical (unpaired) electrons. The van der Waals surface area contributed by atoms with Crippen LogP contribution in [0, 0.1) is 17.3 Å². The number of hydrogen-bond acceptors (Lipinski definition) is 3. The molecule has 3 nitrogen and oxygen atoms in total. The van der Waals surface area contributed by atoms with E-state index in [0.29, 0.717) is 29.4 Å². The summed E-state index contributed by atoms with van der Waals surface area (Å²) in [7, 11) is 0. The second-order valence-corrected chi connectivity index (χ2v) is 12.9. The van der Waals surface area contributed by atoms with Crippen molar-refractivity contribution in [2.45, 2.75) is 11.8 Å². The monoisotopic (exact) mass is 575 g/mol. The van der Waals surface area contributed by atoms with Gasteiger partial charge in [-0.05, 0) is 69.3 Å². The van der Waals surface area contributed by atoms with E-state index in [1.807, 2.05) is 12.1 Å². The second kappa shape index (κ2) is 9.30. The van der Waals surface area contributed by atoms with E-state index < -0.39 is 0 Å². The highest BCUT2D eigenvalue weighted by atomic mass is 15.0. The van der Waals surface area contributed by atoms with Crippen LogP contribution in [0.15, 0.2) is 152 Å². The molecule has 1 heterocycles. The second-order valence-electron chi connectivity index (χ2n) is 12.9. The summed E-state index contributed by atoms with van der Waals surface area (Å²) >= 11 is 0. The Hall–Kier alpha value is -5.41. The molecule has 5 aromatic carbocycles. The van der Waals surface area contributed by atoms with E-state index in [9.17, 15) is 0 Å². The molecule has 5 unspecified atom stereocenters. The van der Waals surface area contributed by atoms with E-state index in [1.54, 1.807) is 0 Å². The van der Waals surface area contributed by atoms with Crippen LogP contribution < -0.4 is 0 Å². The van der Waals surface area contributed by atoms with E-state index in [1.165, 1.54) is 22.3 Å². The third kappa shape index (κ3) is 3.74. The maximum Gasteiger partial charge on any atom is 0.164 e. The van der Waals surface area contributed by atoms with Crippen molar-refractivity contribution in [3.63, 3.8) is 0 Å². The highest BCUT2D eigenvalue weighted by Gasteiger charge is 2.69. The van der Waals surface area contributed by atoms with Gasteiger partial charge >= 0.3 is 0 Å². The van der Waals surface area contributed by atoms with Gasteiger partial charge in [-0.1, -0.05) is 133 Å². The molecule has 0 N–H and O–H groups in total. The molecule has 10 rings (SSSR count). The smallest absolute Gasteiger partial charge is 0.164 e. The van der Waals surface area contributed by atoms with Gasteiger partial charge in [0.05, 0.1) is 0 Å². The fourth-order valence-corrected chi connectivity index (χ4v) is 8.26. The lowest BCUT2D eigenvalue weighted by Gasteiger charge is -2.45. The Morgan fingerprint density at radius 3 is 1.49 bits per heavy atom. The molecule has 1 aromatic heterocycles. The zero-order valence-corrected chi connectivity index (χ0v) is 24.6. The van der Waals surface area contributed by atoms with E-state index >= 15 is 0 Å². The molecular formula is C42H29N3. The average molecular weight is 576 g/mol. The number of hydrogen-bond donors (Lipinski definition) is 0. The Bertz CT molecular complexity index is 2100. The molecule has 5 atom stereocenters. The van der Waals surface area contributed by atoms with Crippen molar-refractivity contribution in [1.82, 2.24) is 15.0 Å². The zero-order chi connectivity index (χ0) is 29.5. The SMILES string of the molecule is C1=CC23C=CC2c2ccc(-c4nc(-c5cccc(-c6ccccc6)c5)nc(-c5cccc(-c6ccccc6)c5)n4)cc2C2C1C23. The van der Waals surface area contributed by atoms with Gasteiger partial charge in [0, 0.05) is 28.0 Å². The molecule has 4 aliphatic rings. The molecule has 1 spiro atoms. The van der Waals surface area contributed by atoms with E-state index in [0.717, 1.165) is 39.6 Å². The Labute approximate surface area is 262 Å². The minimum absolute atomic E-state index is 0.269. The molecule has 0 saturated heterocycles. The highest BCUT2D eigenvalue weighted by molar-refractivity contribution is 5.75. The van der Waals surface area contributed by atoms with E-state index in [-0.39, 0.29) is 5.41 Å². The Kier molecular flexibility index (Phi) is 5.16. The molecule has 6 aromatic rings. The average Bonchev–Trinajstić information content (AvgIpc) is 3.68. The van der Waals surface area contributed by atoms with Gasteiger partial charge in [0.15, 0.2) is 17.5 Å². The van der Waals surface area contributed by atoms with Crippen LogP contribution in [-0.2, 0) is 0 Å². The highest BCUT2D eigenvalue weighted by Crippen LogP contribution is 2.77. The van der Waals surface area contributed by atoms with Crippen LogP contribution in [-0.4, -0.2) is 15.0 Å². The number of aromatic nitrogens is 3. The summed E-state index contributed by atoms with van der Waals surface area (Å²) in [5, 5.41) is 0. The minimum atomic E-state index is 0.269. The van der Waals surface area contributed by atoms with E-state index in [4.69, 9.17) is 15.0 Å². The van der Waals surface area contributed by atoms with Crippen molar-refractivity contribution in [3.8, 4) is 56.4 Å². The van der Waals surface area contributed by atoms with Crippen LogP contribution in [0.2, 0.25) is 0 Å². The maximum absolute atomic E-state index is 5.15. The summed E-state index contributed by atoms with van der Waals surface area (Å²) in [5.41, 5.74) is 10.9. The molecule has 0 amide bonds. The van der Waals surface area contributed by atoms with Gasteiger partial charge in [-0.25, -0.2) is 15.0 Å². The Balaban J connectivity index is 1.12. The largest absolute Gasteiger partial charge is 0.208 e. The van der Waals surface area contributed by atoms with Crippen LogP contribution in [0.5, 0.6) is 0 Å². The van der Waals surface area contributed by atoms with Crippen LogP contribution in [0.25, 0.3) is 56.4 Å². The first-order valence-electron chi connectivity index (χ1n) is 15.9. The number of allylic oxidation sites excluding steroid dienone is 4. The summed E-state index contributed by atoms with van der Waals surface area (Å²) in [6.07, 6.45) is 9.81. The Morgan fingerprint density at radius 1 is 0.422 bits per heavy atom. The molecule has 3 heteroatoms. The van der Waals surface area contributed by atoms with Crippen LogP contribution in [0.3, 0.4) is 0 Å². The van der Waals surface area contributed by atoms with Crippen molar-refractivity contribution < 1.29 is 0 Å². The summed E-state index contributed by atoms with van der Waals surface area (Å²) < 4.78 is 0. The Morgan fingerprint density at radius 2 is 0.933 bits per heavy atom. The molecule has 45 heavy (non-hydrogen) atoms. The molecule has 0 aliphatic heterocycles. The third-order valence-corrected chi connectivity index (χ3v) is 10.5. The van der Waals surface area contributed by atoms with Gasteiger partial charge in [-0.3, -0.25) is 0 Å². The quantitative estimate of drug-likeness (QED) is 0.192.